The van der Waals surface area contributed by atoms with E-state index in [1.807, 2.05) is 35.9 Å². The minimum absolute atomic E-state index is 0.0247. The molecule has 2 heterocycles. The van der Waals surface area contributed by atoms with Crippen molar-refractivity contribution in [3.8, 4) is 0 Å². The second kappa shape index (κ2) is 12.4. The number of para-hydroxylation sites is 1. The Bertz CT molecular complexity index is 1470. The summed E-state index contributed by atoms with van der Waals surface area (Å²) in [5.74, 6) is -1.76. The summed E-state index contributed by atoms with van der Waals surface area (Å²) in [6, 6.07) is 10.2. The van der Waals surface area contributed by atoms with Gasteiger partial charge >= 0.3 is 5.97 Å². The molecule has 3 aromatic rings. The maximum atomic E-state index is 14.4. The number of aromatic nitrogens is 1. The highest BCUT2D eigenvalue weighted by Gasteiger charge is 2.36. The van der Waals surface area contributed by atoms with Crippen LogP contribution >= 0.6 is 23.2 Å². The summed E-state index contributed by atoms with van der Waals surface area (Å²) in [6.45, 7) is 0.172. The SMILES string of the molecule is Cn1cc(C(=O)Nc2cc(Cl)c(CC(=O)N3C[C@@H](F)C[C@H]3CO[C@H]3CC[C@H](C(=O)O)CC3)cc2Cl)c2ccccc21. The molecule has 1 aliphatic heterocycles. The number of likely N-dealkylation sites (tertiary alicyclic amines) is 1. The summed E-state index contributed by atoms with van der Waals surface area (Å²) in [5, 5.41) is 13.3. The van der Waals surface area contributed by atoms with Gasteiger partial charge in [0.1, 0.15) is 6.17 Å². The number of anilines is 1. The first kappa shape index (κ1) is 29.4. The van der Waals surface area contributed by atoms with Crippen molar-refractivity contribution >= 4 is 57.6 Å². The Morgan fingerprint density at radius 1 is 1.10 bits per heavy atom. The highest BCUT2D eigenvalue weighted by molar-refractivity contribution is 6.36. The van der Waals surface area contributed by atoms with Crippen molar-refractivity contribution in [3.63, 3.8) is 0 Å². The minimum atomic E-state index is -1.15. The predicted molar refractivity (Wildman–Crippen MR) is 155 cm³/mol. The molecule has 5 rings (SSSR count). The highest BCUT2D eigenvalue weighted by atomic mass is 35.5. The standard InChI is InChI=1S/C30H32Cl2FN3O5/c1-35-15-23(22-4-2-3-5-27(22)35)29(38)34-26-13-24(31)18(10-25(26)32)11-28(37)36-14-19(33)12-20(36)16-41-21-8-6-17(7-9-21)30(39)40/h2-5,10,13,15,17,19-21H,6-9,11-12,14,16H2,1H3,(H,34,38)(H,39,40)/t17-,19-,20-,21-/m0/s1. The molecule has 2 N–H and O–H groups in total. The summed E-state index contributed by atoms with van der Waals surface area (Å²) in [5.41, 5.74) is 2.20. The molecule has 8 nitrogen and oxygen atoms in total. The monoisotopic (exact) mass is 603 g/mol. The zero-order chi connectivity index (χ0) is 29.3. The van der Waals surface area contributed by atoms with Crippen LogP contribution in [0.2, 0.25) is 10.0 Å². The molecule has 0 spiro atoms. The molecule has 0 unspecified atom stereocenters. The largest absolute Gasteiger partial charge is 0.481 e. The summed E-state index contributed by atoms with van der Waals surface area (Å²) >= 11 is 13.0. The lowest BCUT2D eigenvalue weighted by Gasteiger charge is -2.30. The van der Waals surface area contributed by atoms with E-state index in [4.69, 9.17) is 27.9 Å². The quantitative estimate of drug-likeness (QED) is 0.335. The second-order valence-electron chi connectivity index (χ2n) is 10.9. The molecule has 1 saturated carbocycles. The zero-order valence-electron chi connectivity index (χ0n) is 22.6. The average molecular weight is 605 g/mol. The predicted octanol–water partition coefficient (Wildman–Crippen LogP) is 5.88. The second-order valence-corrected chi connectivity index (χ2v) is 11.7. The Kier molecular flexibility index (Phi) is 8.87. The van der Waals surface area contributed by atoms with E-state index < -0.39 is 18.2 Å². The van der Waals surface area contributed by atoms with E-state index in [9.17, 15) is 23.9 Å². The first-order chi connectivity index (χ1) is 19.6. The molecule has 41 heavy (non-hydrogen) atoms. The fourth-order valence-corrected chi connectivity index (χ4v) is 6.31. The van der Waals surface area contributed by atoms with Crippen LogP contribution in [0, 0.1) is 5.92 Å². The van der Waals surface area contributed by atoms with Crippen molar-refractivity contribution < 1.29 is 28.6 Å². The van der Waals surface area contributed by atoms with Crippen molar-refractivity contribution in [3.05, 3.63) is 63.8 Å². The molecule has 1 aliphatic carbocycles. The van der Waals surface area contributed by atoms with Crippen molar-refractivity contribution in [2.24, 2.45) is 13.0 Å². The van der Waals surface area contributed by atoms with Crippen LogP contribution in [0.1, 0.15) is 48.0 Å². The number of aryl methyl sites for hydroxylation is 1. The van der Waals surface area contributed by atoms with E-state index in [1.54, 1.807) is 12.3 Å². The number of nitrogens with zero attached hydrogens (tertiary/aromatic N) is 2. The van der Waals surface area contributed by atoms with Gasteiger partial charge < -0.3 is 24.6 Å². The van der Waals surface area contributed by atoms with Gasteiger partial charge in [-0.1, -0.05) is 41.4 Å². The van der Waals surface area contributed by atoms with Gasteiger partial charge in [0.25, 0.3) is 5.91 Å². The number of ether oxygens (including phenoxy) is 1. The van der Waals surface area contributed by atoms with Crippen LogP contribution in [0.15, 0.2) is 42.6 Å². The number of carboxylic acid groups (broad SMARTS) is 1. The van der Waals surface area contributed by atoms with Gasteiger partial charge in [-0.25, -0.2) is 4.39 Å². The Hall–Kier alpha value is -3.14. The molecule has 218 valence electrons. The van der Waals surface area contributed by atoms with E-state index in [-0.39, 0.29) is 59.9 Å². The Labute approximate surface area is 247 Å². The number of fused-ring (bicyclic) bond motifs is 1. The average Bonchev–Trinajstić information content (AvgIpc) is 3.50. The van der Waals surface area contributed by atoms with Crippen LogP contribution in [0.25, 0.3) is 10.9 Å². The van der Waals surface area contributed by atoms with Gasteiger partial charge in [-0.15, -0.1) is 0 Å². The van der Waals surface area contributed by atoms with Gasteiger partial charge in [0.15, 0.2) is 0 Å². The number of hydrogen-bond donors (Lipinski definition) is 2. The molecular weight excluding hydrogens is 572 g/mol. The van der Waals surface area contributed by atoms with E-state index in [0.717, 1.165) is 10.9 Å². The molecule has 1 aromatic heterocycles. The maximum absolute atomic E-state index is 14.4. The van der Waals surface area contributed by atoms with E-state index >= 15 is 0 Å². The van der Waals surface area contributed by atoms with Crippen molar-refractivity contribution in [1.29, 1.82) is 0 Å². The number of aliphatic carboxylic acids is 1. The van der Waals surface area contributed by atoms with E-state index in [0.29, 0.717) is 42.5 Å². The molecule has 0 bridgehead atoms. The number of benzene rings is 2. The number of carboxylic acids is 1. The molecule has 2 aromatic carbocycles. The third kappa shape index (κ3) is 6.52. The molecule has 11 heteroatoms. The number of carbonyl (C=O) groups excluding carboxylic acids is 2. The fraction of sp³-hybridized carbons (Fsp3) is 0.433. The van der Waals surface area contributed by atoms with Crippen LogP contribution in [-0.2, 0) is 27.8 Å². The van der Waals surface area contributed by atoms with Crippen LogP contribution in [0.3, 0.4) is 0 Å². The molecule has 2 fully saturated rings. The molecule has 2 amide bonds. The fourth-order valence-electron chi connectivity index (χ4n) is 5.84. The highest BCUT2D eigenvalue weighted by Crippen LogP contribution is 2.33. The van der Waals surface area contributed by atoms with E-state index in [2.05, 4.69) is 5.32 Å². The van der Waals surface area contributed by atoms with Gasteiger partial charge in [0, 0.05) is 35.6 Å². The minimum Gasteiger partial charge on any atom is -0.481 e. The third-order valence-corrected chi connectivity index (χ3v) is 8.76. The van der Waals surface area contributed by atoms with Gasteiger partial charge in [-0.3, -0.25) is 14.4 Å². The van der Waals surface area contributed by atoms with Gasteiger partial charge in [0.2, 0.25) is 5.91 Å². The van der Waals surface area contributed by atoms with Crippen LogP contribution in [-0.4, -0.2) is 63.8 Å². The topological polar surface area (TPSA) is 101 Å². The summed E-state index contributed by atoms with van der Waals surface area (Å²) in [7, 11) is 1.86. The molecule has 2 atom stereocenters. The lowest BCUT2D eigenvalue weighted by molar-refractivity contribution is -0.144. The number of hydrogen-bond acceptors (Lipinski definition) is 4. The smallest absolute Gasteiger partial charge is 0.306 e. The van der Waals surface area contributed by atoms with Crippen LogP contribution in [0.4, 0.5) is 10.1 Å². The summed E-state index contributed by atoms with van der Waals surface area (Å²) in [4.78, 5) is 39.0. The van der Waals surface area contributed by atoms with Crippen molar-refractivity contribution in [2.75, 3.05) is 18.5 Å². The number of carbonyl (C=O) groups is 3. The molecule has 0 radical (unpaired) electrons. The number of rotatable bonds is 8. The van der Waals surface area contributed by atoms with Gasteiger partial charge in [-0.05, 0) is 49.4 Å². The third-order valence-electron chi connectivity index (χ3n) is 8.10. The van der Waals surface area contributed by atoms with Gasteiger partial charge in [0.05, 0.1) is 53.9 Å². The lowest BCUT2D eigenvalue weighted by atomic mass is 9.87. The number of amides is 2. The van der Waals surface area contributed by atoms with Crippen molar-refractivity contribution in [1.82, 2.24) is 9.47 Å². The van der Waals surface area contributed by atoms with Crippen molar-refractivity contribution in [2.45, 2.75) is 56.8 Å². The molecular formula is C30H32Cl2FN3O5. The van der Waals surface area contributed by atoms with Crippen LogP contribution < -0.4 is 5.32 Å². The molecule has 2 aliphatic rings. The number of alkyl halides is 1. The normalized spacial score (nSPS) is 22.7. The first-order valence-corrected chi connectivity index (χ1v) is 14.5. The number of halogens is 3. The number of nitrogens with one attached hydrogen (secondary N) is 1. The van der Waals surface area contributed by atoms with E-state index in [1.165, 1.54) is 11.0 Å². The Morgan fingerprint density at radius 3 is 2.56 bits per heavy atom. The van der Waals surface area contributed by atoms with Crippen LogP contribution in [0.5, 0.6) is 0 Å². The molecule has 1 saturated heterocycles. The lowest BCUT2D eigenvalue weighted by Crippen LogP contribution is -2.40. The maximum Gasteiger partial charge on any atom is 0.306 e. The first-order valence-electron chi connectivity index (χ1n) is 13.7. The summed E-state index contributed by atoms with van der Waals surface area (Å²) in [6.07, 6.45) is 2.98. The van der Waals surface area contributed by atoms with Gasteiger partial charge in [-0.2, -0.15) is 0 Å². The zero-order valence-corrected chi connectivity index (χ0v) is 24.1. The summed E-state index contributed by atoms with van der Waals surface area (Å²) < 4.78 is 22.2. The Balaban J connectivity index is 1.21. The Morgan fingerprint density at radius 2 is 1.83 bits per heavy atom.